The van der Waals surface area contributed by atoms with E-state index in [0.29, 0.717) is 33.1 Å². The van der Waals surface area contributed by atoms with Crippen molar-refractivity contribution in [1.29, 1.82) is 0 Å². The first-order valence-electron chi connectivity index (χ1n) is 11.6. The largest absolute Gasteiger partial charge is 0.328 e. The van der Waals surface area contributed by atoms with E-state index in [1.165, 1.54) is 28.1 Å². The SMILES string of the molecule is O=C(Nc1nccs1)C(CC1CCCCC1)N1CCN(S(=O)(=O)Cc2cc(Cl)cc(Cl)c2)CC1=O. The predicted molar refractivity (Wildman–Crippen MR) is 138 cm³/mol. The highest BCUT2D eigenvalue weighted by Crippen LogP contribution is 2.30. The molecule has 1 saturated carbocycles. The maximum absolute atomic E-state index is 13.2. The van der Waals surface area contributed by atoms with Crippen molar-refractivity contribution in [2.24, 2.45) is 5.92 Å². The Hall–Kier alpha value is -1.72. The van der Waals surface area contributed by atoms with Gasteiger partial charge < -0.3 is 10.2 Å². The molecule has 2 aliphatic rings. The molecule has 4 rings (SSSR count). The molecule has 1 aromatic heterocycles. The van der Waals surface area contributed by atoms with E-state index in [0.717, 1.165) is 25.7 Å². The average molecular weight is 560 g/mol. The van der Waals surface area contributed by atoms with Crippen LogP contribution in [0.1, 0.15) is 44.1 Å². The molecule has 2 aromatic rings. The van der Waals surface area contributed by atoms with E-state index in [1.54, 1.807) is 28.6 Å². The maximum atomic E-state index is 13.2. The summed E-state index contributed by atoms with van der Waals surface area (Å²) in [5.74, 6) is -0.600. The summed E-state index contributed by atoms with van der Waals surface area (Å²) in [4.78, 5) is 32.1. The highest BCUT2D eigenvalue weighted by molar-refractivity contribution is 7.88. The zero-order valence-corrected chi connectivity index (χ0v) is 22.3. The monoisotopic (exact) mass is 558 g/mol. The van der Waals surface area contributed by atoms with Gasteiger partial charge in [-0.25, -0.2) is 13.4 Å². The number of carbonyl (C=O) groups excluding carboxylic acids is 2. The van der Waals surface area contributed by atoms with E-state index < -0.39 is 16.1 Å². The van der Waals surface area contributed by atoms with E-state index in [9.17, 15) is 18.0 Å². The predicted octanol–water partition coefficient (Wildman–Crippen LogP) is 4.40. The number of rotatable bonds is 8. The molecule has 12 heteroatoms. The summed E-state index contributed by atoms with van der Waals surface area (Å²) >= 11 is 13.3. The molecule has 0 spiro atoms. The molecule has 1 aromatic carbocycles. The van der Waals surface area contributed by atoms with Crippen LogP contribution in [0, 0.1) is 5.92 Å². The van der Waals surface area contributed by atoms with Crippen molar-refractivity contribution >= 4 is 61.5 Å². The minimum absolute atomic E-state index is 0.119. The molecule has 1 saturated heterocycles. The third-order valence-electron chi connectivity index (χ3n) is 6.51. The van der Waals surface area contributed by atoms with Gasteiger partial charge in [0.25, 0.3) is 0 Å². The third-order valence-corrected chi connectivity index (χ3v) is 9.43. The number of amides is 2. The number of benzene rings is 1. The van der Waals surface area contributed by atoms with Crippen LogP contribution in [0.25, 0.3) is 0 Å². The Balaban J connectivity index is 1.46. The standard InChI is InChI=1S/C23H28Cl2N4O4S2/c24-18-10-17(11-19(25)13-18)15-35(32,33)28-7-8-29(21(30)14-28)20(12-16-4-2-1-3-5-16)22(31)27-23-26-6-9-34-23/h6,9-11,13,16,20H,1-5,7-8,12,14-15H2,(H,26,27,31). The zero-order valence-electron chi connectivity index (χ0n) is 19.2. The molecule has 0 radical (unpaired) electrons. The number of carbonyl (C=O) groups is 2. The van der Waals surface area contributed by atoms with E-state index in [-0.39, 0.29) is 37.2 Å². The fourth-order valence-electron chi connectivity index (χ4n) is 4.82. The van der Waals surface area contributed by atoms with E-state index in [2.05, 4.69) is 10.3 Å². The highest BCUT2D eigenvalue weighted by Gasteiger charge is 2.38. The molecular formula is C23H28Cl2N4O4S2. The molecule has 1 atom stereocenters. The van der Waals surface area contributed by atoms with Crippen LogP contribution in [-0.2, 0) is 25.4 Å². The summed E-state index contributed by atoms with van der Waals surface area (Å²) < 4.78 is 27.3. The van der Waals surface area contributed by atoms with Crippen LogP contribution in [0.15, 0.2) is 29.8 Å². The molecular weight excluding hydrogens is 531 g/mol. The lowest BCUT2D eigenvalue weighted by Gasteiger charge is -2.39. The third kappa shape index (κ3) is 6.95. The first-order chi connectivity index (χ1) is 16.7. The first kappa shape index (κ1) is 26.3. The molecule has 1 N–H and O–H groups in total. The molecule has 1 unspecified atom stereocenters. The smallest absolute Gasteiger partial charge is 0.248 e. The Bertz CT molecular complexity index is 1130. The zero-order chi connectivity index (χ0) is 25.0. The van der Waals surface area contributed by atoms with E-state index in [1.807, 2.05) is 0 Å². The topological polar surface area (TPSA) is 99.7 Å². The van der Waals surface area contributed by atoms with E-state index >= 15 is 0 Å². The number of halogens is 2. The highest BCUT2D eigenvalue weighted by atomic mass is 35.5. The Morgan fingerprint density at radius 2 is 1.86 bits per heavy atom. The van der Waals surface area contributed by atoms with Crippen LogP contribution in [0.2, 0.25) is 10.0 Å². The van der Waals surface area contributed by atoms with Crippen molar-refractivity contribution < 1.29 is 18.0 Å². The first-order valence-corrected chi connectivity index (χ1v) is 14.9. The number of hydrogen-bond donors (Lipinski definition) is 1. The molecule has 0 bridgehead atoms. The summed E-state index contributed by atoms with van der Waals surface area (Å²) in [6.07, 6.45) is 7.68. The van der Waals surface area contributed by atoms with Gasteiger partial charge in [-0.2, -0.15) is 4.31 Å². The number of hydrogen-bond acceptors (Lipinski definition) is 6. The van der Waals surface area contributed by atoms with E-state index in [4.69, 9.17) is 23.2 Å². The minimum atomic E-state index is -3.78. The van der Waals surface area contributed by atoms with Gasteiger partial charge in [-0.05, 0) is 36.1 Å². The maximum Gasteiger partial charge on any atom is 0.248 e. The molecule has 35 heavy (non-hydrogen) atoms. The van der Waals surface area contributed by atoms with Gasteiger partial charge in [-0.1, -0.05) is 55.3 Å². The number of thiazole rings is 1. The minimum Gasteiger partial charge on any atom is -0.328 e. The van der Waals surface area contributed by atoms with Gasteiger partial charge >= 0.3 is 0 Å². The summed E-state index contributed by atoms with van der Waals surface area (Å²) in [5.41, 5.74) is 0.454. The molecule has 2 heterocycles. The van der Waals surface area contributed by atoms with Crippen molar-refractivity contribution in [3.8, 4) is 0 Å². The van der Waals surface area contributed by atoms with Crippen molar-refractivity contribution in [2.45, 2.75) is 50.3 Å². The van der Waals surface area contributed by atoms with Crippen molar-refractivity contribution in [3.63, 3.8) is 0 Å². The lowest BCUT2D eigenvalue weighted by molar-refractivity contribution is -0.142. The summed E-state index contributed by atoms with van der Waals surface area (Å²) in [6.45, 7) is -0.0343. The summed E-state index contributed by atoms with van der Waals surface area (Å²) in [7, 11) is -3.78. The second-order valence-electron chi connectivity index (χ2n) is 9.04. The number of nitrogens with one attached hydrogen (secondary N) is 1. The van der Waals surface area contributed by atoms with Crippen molar-refractivity contribution in [2.75, 3.05) is 25.0 Å². The van der Waals surface area contributed by atoms with Gasteiger partial charge in [-0.3, -0.25) is 9.59 Å². The average Bonchev–Trinajstić information content (AvgIpc) is 3.30. The molecule has 2 amide bonds. The number of aromatic nitrogens is 1. The Kier molecular flexibility index (Phi) is 8.70. The van der Waals surface area contributed by atoms with Crippen LogP contribution < -0.4 is 5.32 Å². The van der Waals surface area contributed by atoms with Crippen LogP contribution in [-0.4, -0.2) is 60.1 Å². The molecule has 2 fully saturated rings. The number of anilines is 1. The second-order valence-corrected chi connectivity index (χ2v) is 12.8. The Morgan fingerprint density at radius 1 is 1.14 bits per heavy atom. The fourth-order valence-corrected chi connectivity index (χ4v) is 7.36. The van der Waals surface area contributed by atoms with Crippen LogP contribution in [0.5, 0.6) is 0 Å². The number of piperazine rings is 1. The van der Waals surface area contributed by atoms with Crippen molar-refractivity contribution in [1.82, 2.24) is 14.2 Å². The second kappa shape index (κ2) is 11.6. The lowest BCUT2D eigenvalue weighted by Crippen LogP contribution is -2.58. The molecule has 1 aliphatic carbocycles. The quantitative estimate of drug-likeness (QED) is 0.517. The van der Waals surface area contributed by atoms with Gasteiger partial charge in [0.05, 0.1) is 12.3 Å². The molecule has 8 nitrogen and oxygen atoms in total. The van der Waals surface area contributed by atoms with Crippen molar-refractivity contribution in [3.05, 3.63) is 45.4 Å². The number of sulfonamides is 1. The summed E-state index contributed by atoms with van der Waals surface area (Å²) in [5, 5.41) is 5.78. The van der Waals surface area contributed by atoms with Gasteiger partial charge in [-0.15, -0.1) is 11.3 Å². The normalized spacial score (nSPS) is 19.0. The molecule has 190 valence electrons. The fraction of sp³-hybridized carbons (Fsp3) is 0.522. The van der Waals surface area contributed by atoms with Crippen LogP contribution in [0.4, 0.5) is 5.13 Å². The molecule has 1 aliphatic heterocycles. The number of nitrogens with zero attached hydrogens (tertiary/aromatic N) is 3. The lowest BCUT2D eigenvalue weighted by atomic mass is 9.84. The Labute approximate surface area is 219 Å². The van der Waals surface area contributed by atoms with Gasteiger partial charge in [0.2, 0.25) is 21.8 Å². The Morgan fingerprint density at radius 3 is 2.49 bits per heavy atom. The van der Waals surface area contributed by atoms with Gasteiger partial charge in [0.15, 0.2) is 5.13 Å². The summed E-state index contributed by atoms with van der Waals surface area (Å²) in [6, 6.07) is 3.97. The van der Waals surface area contributed by atoms with Crippen LogP contribution in [0.3, 0.4) is 0 Å². The van der Waals surface area contributed by atoms with Gasteiger partial charge in [0.1, 0.15) is 6.04 Å². The van der Waals surface area contributed by atoms with Gasteiger partial charge in [0, 0.05) is 34.7 Å². The van der Waals surface area contributed by atoms with Crippen LogP contribution >= 0.6 is 34.5 Å².